The Morgan fingerprint density at radius 1 is 1.13 bits per heavy atom. The average molecular weight is 405 g/mol. The van der Waals surface area contributed by atoms with Crippen molar-refractivity contribution >= 4 is 28.4 Å². The van der Waals surface area contributed by atoms with E-state index in [-0.39, 0.29) is 11.8 Å². The minimum Gasteiger partial charge on any atom is -0.494 e. The van der Waals surface area contributed by atoms with E-state index in [1.165, 1.54) is 6.42 Å². The van der Waals surface area contributed by atoms with Gasteiger partial charge in [0.15, 0.2) is 5.90 Å². The van der Waals surface area contributed by atoms with Crippen LogP contribution in [-0.2, 0) is 4.74 Å². The van der Waals surface area contributed by atoms with Crippen molar-refractivity contribution in [2.45, 2.75) is 39.2 Å². The average Bonchev–Trinajstić information content (AvgIpc) is 3.01. The van der Waals surface area contributed by atoms with Crippen LogP contribution in [0.4, 0.5) is 5.69 Å². The highest BCUT2D eigenvalue weighted by Crippen LogP contribution is 2.44. The van der Waals surface area contributed by atoms with Gasteiger partial charge in [-0.2, -0.15) is 0 Å². The first kappa shape index (κ1) is 20.0. The van der Waals surface area contributed by atoms with Crippen LogP contribution < -0.4 is 10.1 Å². The van der Waals surface area contributed by atoms with Crippen LogP contribution >= 0.6 is 0 Å². The van der Waals surface area contributed by atoms with E-state index in [0.717, 1.165) is 52.0 Å². The number of hydrogen-bond donors (Lipinski definition) is 3. The van der Waals surface area contributed by atoms with E-state index in [1.807, 2.05) is 38.2 Å². The Balaban J connectivity index is 2.01. The van der Waals surface area contributed by atoms with Crippen molar-refractivity contribution < 1.29 is 9.47 Å². The molecule has 0 saturated heterocycles. The normalized spacial score (nSPS) is 13.7. The molecule has 1 aromatic heterocycles. The lowest BCUT2D eigenvalue weighted by molar-refractivity contribution is 0.322. The zero-order valence-electron chi connectivity index (χ0n) is 17.7. The fraction of sp³-hybridized carbons (Fsp3) is 0.333. The summed E-state index contributed by atoms with van der Waals surface area (Å²) >= 11 is 0. The van der Waals surface area contributed by atoms with Gasteiger partial charge in [0.05, 0.1) is 23.4 Å². The van der Waals surface area contributed by atoms with Crippen LogP contribution in [0.1, 0.15) is 44.7 Å². The predicted molar refractivity (Wildman–Crippen MR) is 122 cm³/mol. The molecule has 1 fully saturated rings. The summed E-state index contributed by atoms with van der Waals surface area (Å²) in [5.41, 5.74) is 4.80. The van der Waals surface area contributed by atoms with Gasteiger partial charge in [-0.3, -0.25) is 10.8 Å². The highest BCUT2D eigenvalue weighted by Gasteiger charge is 2.30. The summed E-state index contributed by atoms with van der Waals surface area (Å²) in [4.78, 5) is 0. The molecule has 30 heavy (non-hydrogen) atoms. The zero-order valence-corrected chi connectivity index (χ0v) is 17.7. The topological polar surface area (TPSA) is 83.1 Å². The summed E-state index contributed by atoms with van der Waals surface area (Å²) in [6.45, 7) is 4.13. The second-order valence-corrected chi connectivity index (χ2v) is 7.61. The van der Waals surface area contributed by atoms with Crippen molar-refractivity contribution in [1.82, 2.24) is 4.57 Å². The number of nitrogens with zero attached hydrogens (tertiary/aromatic N) is 1. The number of ether oxygens (including phenoxy) is 2. The molecular weight excluding hydrogens is 376 g/mol. The summed E-state index contributed by atoms with van der Waals surface area (Å²) in [5, 5.41) is 20.5. The van der Waals surface area contributed by atoms with Gasteiger partial charge in [0, 0.05) is 37.2 Å². The second kappa shape index (κ2) is 8.22. The number of benzene rings is 2. The Hall–Kier alpha value is -3.28. The van der Waals surface area contributed by atoms with Gasteiger partial charge < -0.3 is 19.4 Å². The first-order valence-electron chi connectivity index (χ1n) is 10.4. The third kappa shape index (κ3) is 3.54. The number of hydrogen-bond acceptors (Lipinski definition) is 5. The van der Waals surface area contributed by atoms with E-state index in [2.05, 4.69) is 28.1 Å². The van der Waals surface area contributed by atoms with Gasteiger partial charge in [-0.1, -0.05) is 12.1 Å². The summed E-state index contributed by atoms with van der Waals surface area (Å²) in [6.07, 6.45) is 3.43. The second-order valence-electron chi connectivity index (χ2n) is 7.61. The third-order valence-electron chi connectivity index (χ3n) is 5.66. The number of nitrogens with one attached hydrogen (secondary N) is 3. The molecule has 0 radical (unpaired) electrons. The largest absolute Gasteiger partial charge is 0.494 e. The highest BCUT2D eigenvalue weighted by molar-refractivity contribution is 6.14. The summed E-state index contributed by atoms with van der Waals surface area (Å²) in [5.74, 6) is 0.830. The molecule has 156 valence electrons. The minimum absolute atomic E-state index is 0.00225. The number of anilines is 1. The molecule has 2 aromatic carbocycles. The quantitative estimate of drug-likeness (QED) is 0.358. The molecule has 1 saturated carbocycles. The van der Waals surface area contributed by atoms with Gasteiger partial charge in [0.1, 0.15) is 5.75 Å². The maximum absolute atomic E-state index is 8.65. The molecule has 0 amide bonds. The Bertz CT molecular complexity index is 1090. The van der Waals surface area contributed by atoms with Gasteiger partial charge in [-0.05, 0) is 56.0 Å². The van der Waals surface area contributed by atoms with Crippen LogP contribution in [0.15, 0.2) is 42.5 Å². The van der Waals surface area contributed by atoms with Crippen molar-refractivity contribution in [2.75, 3.05) is 19.0 Å². The van der Waals surface area contributed by atoms with E-state index in [0.29, 0.717) is 12.6 Å². The first-order valence-corrected chi connectivity index (χ1v) is 10.4. The van der Waals surface area contributed by atoms with Crippen molar-refractivity contribution in [3.05, 3.63) is 48.0 Å². The lowest BCUT2D eigenvalue weighted by Gasteiger charge is -2.30. The monoisotopic (exact) mass is 404 g/mol. The standard InChI is InChI=1S/C24H28N4O2/c1-4-29-19-12-13-20-21(14-19)28(18-6-5-7-18)23(22(20)24(26)30-15(2)25)16-8-10-17(27-3)11-9-16/h8-14,18,25-27H,4-7H2,1-3H3. The predicted octanol–water partition coefficient (Wildman–Crippen LogP) is 5.81. The Kier molecular flexibility index (Phi) is 5.48. The molecule has 3 aromatic rings. The molecule has 4 rings (SSSR count). The van der Waals surface area contributed by atoms with Gasteiger partial charge in [0.2, 0.25) is 5.90 Å². The summed E-state index contributed by atoms with van der Waals surface area (Å²) < 4.78 is 13.6. The van der Waals surface area contributed by atoms with E-state index >= 15 is 0 Å². The molecule has 0 aliphatic heterocycles. The molecule has 1 aliphatic rings. The van der Waals surface area contributed by atoms with E-state index in [1.54, 1.807) is 6.92 Å². The molecule has 6 heteroatoms. The summed E-state index contributed by atoms with van der Waals surface area (Å²) in [7, 11) is 1.90. The highest BCUT2D eigenvalue weighted by atomic mass is 16.5. The van der Waals surface area contributed by atoms with Gasteiger partial charge >= 0.3 is 0 Å². The van der Waals surface area contributed by atoms with E-state index < -0.39 is 0 Å². The number of aromatic nitrogens is 1. The molecule has 1 aliphatic carbocycles. The molecular formula is C24H28N4O2. The molecule has 0 spiro atoms. The number of fused-ring (bicyclic) bond motifs is 1. The minimum atomic E-state index is 0.00225. The third-order valence-corrected chi connectivity index (χ3v) is 5.66. The van der Waals surface area contributed by atoms with Crippen LogP contribution in [0, 0.1) is 10.8 Å². The van der Waals surface area contributed by atoms with Crippen molar-refractivity contribution in [1.29, 1.82) is 10.8 Å². The van der Waals surface area contributed by atoms with Crippen molar-refractivity contribution in [3.8, 4) is 17.0 Å². The van der Waals surface area contributed by atoms with Crippen LogP contribution in [0.5, 0.6) is 5.75 Å². The fourth-order valence-electron chi connectivity index (χ4n) is 4.08. The first-order chi connectivity index (χ1) is 14.5. The van der Waals surface area contributed by atoms with Gasteiger partial charge in [-0.15, -0.1) is 0 Å². The van der Waals surface area contributed by atoms with Crippen molar-refractivity contribution in [3.63, 3.8) is 0 Å². The maximum Gasteiger partial charge on any atom is 0.223 e. The molecule has 0 unspecified atom stereocenters. The van der Waals surface area contributed by atoms with Crippen LogP contribution in [0.2, 0.25) is 0 Å². The molecule has 1 heterocycles. The van der Waals surface area contributed by atoms with Crippen LogP contribution in [0.3, 0.4) is 0 Å². The fourth-order valence-corrected chi connectivity index (χ4v) is 4.08. The Morgan fingerprint density at radius 2 is 1.87 bits per heavy atom. The van der Waals surface area contributed by atoms with Crippen LogP contribution in [-0.4, -0.2) is 30.0 Å². The molecule has 0 bridgehead atoms. The van der Waals surface area contributed by atoms with E-state index in [4.69, 9.17) is 20.3 Å². The lowest BCUT2D eigenvalue weighted by atomic mass is 9.92. The number of rotatable bonds is 6. The van der Waals surface area contributed by atoms with Crippen LogP contribution in [0.25, 0.3) is 22.2 Å². The smallest absolute Gasteiger partial charge is 0.223 e. The SMILES string of the molecule is CCOc1ccc2c(C(=N)OC(C)=N)c(-c3ccc(NC)cc3)n(C3CCC3)c2c1. The molecule has 6 nitrogen and oxygen atoms in total. The van der Waals surface area contributed by atoms with Gasteiger partial charge in [-0.25, -0.2) is 0 Å². The summed E-state index contributed by atoms with van der Waals surface area (Å²) in [6, 6.07) is 14.6. The zero-order chi connectivity index (χ0) is 21.3. The Morgan fingerprint density at radius 3 is 2.43 bits per heavy atom. The molecule has 3 N–H and O–H groups in total. The van der Waals surface area contributed by atoms with E-state index in [9.17, 15) is 0 Å². The Labute approximate surface area is 176 Å². The van der Waals surface area contributed by atoms with Gasteiger partial charge in [0.25, 0.3) is 0 Å². The maximum atomic E-state index is 8.65. The molecule has 0 atom stereocenters. The van der Waals surface area contributed by atoms with Crippen molar-refractivity contribution in [2.24, 2.45) is 0 Å². The lowest BCUT2D eigenvalue weighted by Crippen LogP contribution is -2.18.